The summed E-state index contributed by atoms with van der Waals surface area (Å²) >= 11 is 0. The summed E-state index contributed by atoms with van der Waals surface area (Å²) in [5, 5.41) is 11.0. The van der Waals surface area contributed by atoms with Crippen molar-refractivity contribution < 1.29 is 51.2 Å². The second-order valence-corrected chi connectivity index (χ2v) is 7.68. The molecule has 4 aromatic carbocycles. The molecular formula is C26H13F6IrN2O-. The van der Waals surface area contributed by atoms with Crippen LogP contribution < -0.4 is 4.74 Å². The Morgan fingerprint density at radius 3 is 1.92 bits per heavy atom. The van der Waals surface area contributed by atoms with Gasteiger partial charge in [0, 0.05) is 31.2 Å². The van der Waals surface area contributed by atoms with E-state index in [0.29, 0.717) is 34.2 Å². The van der Waals surface area contributed by atoms with Crippen molar-refractivity contribution in [1.82, 2.24) is 10.2 Å². The average Bonchev–Trinajstić information content (AvgIpc) is 2.82. The zero-order valence-electron chi connectivity index (χ0n) is 17.9. The van der Waals surface area contributed by atoms with Gasteiger partial charge in [0.1, 0.15) is 5.75 Å². The van der Waals surface area contributed by atoms with Crippen LogP contribution in [-0.2, 0) is 32.5 Å². The topological polar surface area (TPSA) is 35.0 Å². The van der Waals surface area contributed by atoms with Gasteiger partial charge < -0.3 is 4.74 Å². The summed E-state index contributed by atoms with van der Waals surface area (Å²) in [6.45, 7) is 0. The van der Waals surface area contributed by atoms with E-state index >= 15 is 0 Å². The first-order valence-electron chi connectivity index (χ1n) is 10.2. The van der Waals surface area contributed by atoms with E-state index in [1.54, 1.807) is 30.3 Å². The minimum absolute atomic E-state index is 0. The van der Waals surface area contributed by atoms with Crippen molar-refractivity contribution in [2.75, 3.05) is 0 Å². The molecule has 0 aliphatic heterocycles. The normalized spacial score (nSPS) is 11.9. The van der Waals surface area contributed by atoms with Crippen LogP contribution in [0, 0.1) is 6.07 Å². The van der Waals surface area contributed by atoms with Gasteiger partial charge in [-0.2, -0.15) is 31.4 Å². The summed E-state index contributed by atoms with van der Waals surface area (Å²) < 4.78 is 85.1. The summed E-state index contributed by atoms with van der Waals surface area (Å²) in [5.74, 6) is -0.591. The summed E-state index contributed by atoms with van der Waals surface area (Å²) in [4.78, 5) is 0. The number of hydrogen-bond acceptors (Lipinski definition) is 3. The Kier molecular flexibility index (Phi) is 6.77. The molecule has 0 unspecified atom stereocenters. The van der Waals surface area contributed by atoms with Crippen LogP contribution in [0.3, 0.4) is 0 Å². The number of halogens is 6. The third kappa shape index (κ3) is 4.92. The maximum absolute atomic E-state index is 13.4. The third-order valence-electron chi connectivity index (χ3n) is 5.39. The van der Waals surface area contributed by atoms with Crippen LogP contribution in [0.4, 0.5) is 26.3 Å². The Balaban J connectivity index is 0.00000304. The van der Waals surface area contributed by atoms with E-state index in [1.165, 1.54) is 0 Å². The Bertz CT molecular complexity index is 1550. The minimum Gasteiger partial charge on any atom is -0.437 e. The number of hydrogen-bond donors (Lipinski definition) is 0. The third-order valence-corrected chi connectivity index (χ3v) is 5.39. The molecule has 1 aromatic heterocycles. The maximum atomic E-state index is 13.4. The standard InChI is InChI=1S/C26H13F6N2O.Ir/c27-25(28,29)21-11-10-18(14-22(21)26(30,31)32)35-24-20-13-17-9-5-4-8-16(17)12-19(20)23(33-34-24)15-6-2-1-3-7-15;/h1-6,8-14H;/q-1;. The molecule has 10 heteroatoms. The van der Waals surface area contributed by atoms with Gasteiger partial charge in [-0.15, -0.1) is 41.0 Å². The average molecular weight is 676 g/mol. The molecule has 1 heterocycles. The SMILES string of the molecule is FC(F)(F)c1ccc(Oc2nnc(-c3[c-]cccc3)c3cc4ccccc4cc23)cc1C(F)(F)F.[Ir]. The molecule has 36 heavy (non-hydrogen) atoms. The Morgan fingerprint density at radius 2 is 1.31 bits per heavy atom. The second kappa shape index (κ2) is 9.52. The Labute approximate surface area is 214 Å². The van der Waals surface area contributed by atoms with Gasteiger partial charge >= 0.3 is 12.4 Å². The van der Waals surface area contributed by atoms with Gasteiger partial charge in [0.2, 0.25) is 5.88 Å². The number of nitrogens with zero attached hydrogens (tertiary/aromatic N) is 2. The quantitative estimate of drug-likeness (QED) is 0.110. The molecule has 0 saturated carbocycles. The van der Waals surface area contributed by atoms with E-state index < -0.39 is 29.2 Å². The van der Waals surface area contributed by atoms with Crippen LogP contribution in [-0.4, -0.2) is 10.2 Å². The number of ether oxygens (including phenoxy) is 1. The zero-order valence-corrected chi connectivity index (χ0v) is 20.3. The minimum atomic E-state index is -5.23. The van der Waals surface area contributed by atoms with E-state index in [2.05, 4.69) is 16.3 Å². The molecule has 5 aromatic rings. The van der Waals surface area contributed by atoms with Crippen LogP contribution in [0.2, 0.25) is 0 Å². The van der Waals surface area contributed by atoms with Crippen molar-refractivity contribution in [3.05, 3.63) is 96.1 Å². The molecule has 0 bridgehead atoms. The van der Waals surface area contributed by atoms with Gasteiger partial charge in [-0.1, -0.05) is 30.3 Å². The van der Waals surface area contributed by atoms with Crippen molar-refractivity contribution in [3.63, 3.8) is 0 Å². The van der Waals surface area contributed by atoms with Crippen LogP contribution in [0.1, 0.15) is 11.1 Å². The van der Waals surface area contributed by atoms with E-state index in [-0.39, 0.29) is 26.0 Å². The largest absolute Gasteiger partial charge is 0.437 e. The van der Waals surface area contributed by atoms with E-state index in [4.69, 9.17) is 4.74 Å². The molecule has 0 aliphatic rings. The first-order chi connectivity index (χ1) is 16.6. The van der Waals surface area contributed by atoms with Gasteiger partial charge in [-0.25, -0.2) is 0 Å². The summed E-state index contributed by atoms with van der Waals surface area (Å²) in [6, 6.07) is 22.6. The number of aromatic nitrogens is 2. The number of rotatable bonds is 3. The van der Waals surface area contributed by atoms with Gasteiger partial charge in [-0.3, -0.25) is 0 Å². The van der Waals surface area contributed by atoms with Crippen molar-refractivity contribution in [1.29, 1.82) is 0 Å². The molecule has 0 atom stereocenters. The molecule has 0 aliphatic carbocycles. The fraction of sp³-hybridized carbons (Fsp3) is 0.0769. The molecule has 0 spiro atoms. The molecule has 5 rings (SSSR count). The predicted octanol–water partition coefficient (Wildman–Crippen LogP) is 8.08. The molecule has 0 saturated heterocycles. The van der Waals surface area contributed by atoms with Crippen molar-refractivity contribution in [2.45, 2.75) is 12.4 Å². The number of benzene rings is 4. The second-order valence-electron chi connectivity index (χ2n) is 7.68. The summed E-state index contributed by atoms with van der Waals surface area (Å²) in [7, 11) is 0. The fourth-order valence-corrected chi connectivity index (χ4v) is 3.81. The molecule has 185 valence electrons. The maximum Gasteiger partial charge on any atom is 0.417 e. The van der Waals surface area contributed by atoms with Crippen LogP contribution in [0.15, 0.2) is 78.9 Å². The smallest absolute Gasteiger partial charge is 0.417 e. The first kappa shape index (κ1) is 25.6. The van der Waals surface area contributed by atoms with E-state index in [0.717, 1.165) is 16.8 Å². The summed E-state index contributed by atoms with van der Waals surface area (Å²) in [5.41, 5.74) is -2.53. The van der Waals surface area contributed by atoms with Crippen molar-refractivity contribution in [2.24, 2.45) is 0 Å². The zero-order chi connectivity index (χ0) is 24.8. The van der Waals surface area contributed by atoms with Crippen LogP contribution >= 0.6 is 0 Å². The molecule has 0 N–H and O–H groups in total. The predicted molar refractivity (Wildman–Crippen MR) is 118 cm³/mol. The molecule has 0 amide bonds. The Hall–Kier alpha value is -3.49. The molecule has 3 nitrogen and oxygen atoms in total. The van der Waals surface area contributed by atoms with Crippen LogP contribution in [0.5, 0.6) is 11.6 Å². The molecule has 1 radical (unpaired) electrons. The molecular weight excluding hydrogens is 663 g/mol. The van der Waals surface area contributed by atoms with Crippen molar-refractivity contribution >= 4 is 21.5 Å². The van der Waals surface area contributed by atoms with Crippen molar-refractivity contribution in [3.8, 4) is 22.9 Å². The van der Waals surface area contributed by atoms with Gasteiger partial charge in [0.15, 0.2) is 0 Å². The summed E-state index contributed by atoms with van der Waals surface area (Å²) in [6.07, 6.45) is -10.4. The van der Waals surface area contributed by atoms with Gasteiger partial charge in [-0.05, 0) is 40.4 Å². The molecule has 0 fully saturated rings. The Morgan fingerprint density at radius 1 is 0.667 bits per heavy atom. The van der Waals surface area contributed by atoms with Crippen LogP contribution in [0.25, 0.3) is 32.8 Å². The number of fused-ring (bicyclic) bond motifs is 2. The number of alkyl halides is 6. The van der Waals surface area contributed by atoms with E-state index in [1.807, 2.05) is 30.3 Å². The monoisotopic (exact) mass is 676 g/mol. The van der Waals surface area contributed by atoms with Gasteiger partial charge in [0.05, 0.1) is 11.1 Å². The van der Waals surface area contributed by atoms with Gasteiger partial charge in [0.25, 0.3) is 0 Å². The fourth-order valence-electron chi connectivity index (χ4n) is 3.81. The van der Waals surface area contributed by atoms with E-state index in [9.17, 15) is 26.3 Å². The first-order valence-corrected chi connectivity index (χ1v) is 10.2.